The smallest absolute Gasteiger partial charge is 0.255 e. The van der Waals surface area contributed by atoms with Crippen LogP contribution < -0.4 is 15.8 Å². The molecule has 0 aliphatic carbocycles. The molecule has 3 N–H and O–H groups in total. The first kappa shape index (κ1) is 17.0. The zero-order valence-electron chi connectivity index (χ0n) is 10.6. The average molecular weight is 293 g/mol. The fraction of sp³-hybridized carbons (Fsp3) is 0.417. The predicted octanol–water partition coefficient (Wildman–Crippen LogP) is 2.24. The maximum Gasteiger partial charge on any atom is 0.255 e. The first-order chi connectivity index (χ1) is 7.83. The first-order valence-electron chi connectivity index (χ1n) is 5.24. The van der Waals surface area contributed by atoms with Gasteiger partial charge in [0.2, 0.25) is 0 Å². The lowest BCUT2D eigenvalue weighted by Gasteiger charge is -2.19. The van der Waals surface area contributed by atoms with Crippen molar-refractivity contribution in [2.45, 2.75) is 19.4 Å². The number of methoxy groups -OCH3 is 1. The molecule has 1 rings (SSSR count). The van der Waals surface area contributed by atoms with E-state index >= 15 is 0 Å². The van der Waals surface area contributed by atoms with Crippen LogP contribution in [0.25, 0.3) is 0 Å². The lowest BCUT2D eigenvalue weighted by molar-refractivity contribution is 0.0943. The molecule has 0 aromatic heterocycles. The number of carbonyl (C=O) groups is 1. The summed E-state index contributed by atoms with van der Waals surface area (Å²) >= 11 is 5.85. The summed E-state index contributed by atoms with van der Waals surface area (Å²) in [6, 6.07) is 4.90. The zero-order chi connectivity index (χ0) is 13.1. The molecule has 0 radical (unpaired) electrons. The van der Waals surface area contributed by atoms with Gasteiger partial charge in [-0.1, -0.05) is 11.6 Å². The molecule has 0 fully saturated rings. The summed E-state index contributed by atoms with van der Waals surface area (Å²) in [5.41, 5.74) is 5.74. The third-order valence-electron chi connectivity index (χ3n) is 2.11. The van der Waals surface area contributed by atoms with E-state index in [2.05, 4.69) is 5.32 Å². The summed E-state index contributed by atoms with van der Waals surface area (Å²) in [6.07, 6.45) is 0. The monoisotopic (exact) mass is 292 g/mol. The highest BCUT2D eigenvalue weighted by atomic mass is 35.5. The lowest BCUT2D eigenvalue weighted by atomic mass is 10.1. The maximum atomic E-state index is 11.9. The molecule has 0 atom stereocenters. The molecule has 6 heteroatoms. The van der Waals surface area contributed by atoms with E-state index in [0.717, 1.165) is 0 Å². The molecule has 0 bridgehead atoms. The Hall–Kier alpha value is -0.970. The summed E-state index contributed by atoms with van der Waals surface area (Å²) in [4.78, 5) is 11.9. The Balaban J connectivity index is 0.00000289. The molecule has 0 heterocycles. The third kappa shape index (κ3) is 5.12. The molecule has 0 saturated carbocycles. The van der Waals surface area contributed by atoms with Crippen molar-refractivity contribution in [1.82, 2.24) is 5.32 Å². The summed E-state index contributed by atoms with van der Waals surface area (Å²) in [6.45, 7) is 4.05. The van der Waals surface area contributed by atoms with E-state index in [1.807, 2.05) is 13.8 Å². The van der Waals surface area contributed by atoms with Crippen LogP contribution >= 0.6 is 24.0 Å². The van der Waals surface area contributed by atoms with Crippen molar-refractivity contribution in [1.29, 1.82) is 0 Å². The van der Waals surface area contributed by atoms with Crippen molar-refractivity contribution in [3.8, 4) is 5.75 Å². The van der Waals surface area contributed by atoms with Crippen LogP contribution in [0.1, 0.15) is 24.2 Å². The van der Waals surface area contributed by atoms with Crippen LogP contribution in [-0.4, -0.2) is 25.1 Å². The van der Waals surface area contributed by atoms with Gasteiger partial charge < -0.3 is 15.8 Å². The van der Waals surface area contributed by atoms with E-state index in [1.165, 1.54) is 7.11 Å². The van der Waals surface area contributed by atoms with Crippen molar-refractivity contribution < 1.29 is 9.53 Å². The van der Waals surface area contributed by atoms with Crippen LogP contribution in [0.2, 0.25) is 5.02 Å². The normalized spacial score (nSPS) is 10.5. The van der Waals surface area contributed by atoms with Gasteiger partial charge in [0.05, 0.1) is 12.7 Å². The molecule has 0 aliphatic rings. The first-order valence-corrected chi connectivity index (χ1v) is 5.62. The number of nitrogens with one attached hydrogen (secondary N) is 1. The number of rotatable bonds is 4. The molecule has 0 spiro atoms. The Morgan fingerprint density at radius 2 is 2.11 bits per heavy atom. The minimum atomic E-state index is -0.457. The molecule has 0 aliphatic heterocycles. The van der Waals surface area contributed by atoms with E-state index in [0.29, 0.717) is 22.9 Å². The topological polar surface area (TPSA) is 64.3 Å². The molecule has 1 amide bonds. The van der Waals surface area contributed by atoms with Gasteiger partial charge in [0.15, 0.2) is 0 Å². The second-order valence-electron chi connectivity index (χ2n) is 4.52. The van der Waals surface area contributed by atoms with Crippen LogP contribution in [0.3, 0.4) is 0 Å². The largest absolute Gasteiger partial charge is 0.496 e. The Kier molecular flexibility index (Phi) is 6.46. The van der Waals surface area contributed by atoms with Gasteiger partial charge in [-0.25, -0.2) is 0 Å². The predicted molar refractivity (Wildman–Crippen MR) is 75.9 cm³/mol. The van der Waals surface area contributed by atoms with Crippen molar-refractivity contribution in [2.75, 3.05) is 13.7 Å². The number of carbonyl (C=O) groups excluding carboxylic acids is 1. The summed E-state index contributed by atoms with van der Waals surface area (Å²) in [5, 5.41) is 3.23. The van der Waals surface area contributed by atoms with E-state index < -0.39 is 5.54 Å². The van der Waals surface area contributed by atoms with Crippen molar-refractivity contribution in [3.63, 3.8) is 0 Å². The van der Waals surface area contributed by atoms with Gasteiger partial charge in [-0.15, -0.1) is 12.4 Å². The summed E-state index contributed by atoms with van der Waals surface area (Å²) < 4.78 is 5.10. The van der Waals surface area contributed by atoms with E-state index in [9.17, 15) is 4.79 Å². The summed E-state index contributed by atoms with van der Waals surface area (Å²) in [7, 11) is 1.51. The molecule has 102 valence electrons. The van der Waals surface area contributed by atoms with E-state index in [4.69, 9.17) is 22.1 Å². The fourth-order valence-electron chi connectivity index (χ4n) is 1.26. The molecule has 4 nitrogen and oxygen atoms in total. The van der Waals surface area contributed by atoms with Crippen molar-refractivity contribution >= 4 is 29.9 Å². The number of hydrogen-bond donors (Lipinski definition) is 2. The van der Waals surface area contributed by atoms with Gasteiger partial charge in [-0.05, 0) is 32.0 Å². The summed E-state index contributed by atoms with van der Waals surface area (Å²) in [5.74, 6) is 0.240. The fourth-order valence-corrected chi connectivity index (χ4v) is 1.43. The highest BCUT2D eigenvalue weighted by molar-refractivity contribution is 6.31. The van der Waals surface area contributed by atoms with Crippen LogP contribution in [0.15, 0.2) is 18.2 Å². The lowest BCUT2D eigenvalue weighted by Crippen LogP contribution is -2.45. The number of hydrogen-bond acceptors (Lipinski definition) is 3. The van der Waals surface area contributed by atoms with Crippen LogP contribution in [0.5, 0.6) is 5.75 Å². The maximum absolute atomic E-state index is 11.9. The second-order valence-corrected chi connectivity index (χ2v) is 4.95. The Morgan fingerprint density at radius 3 is 2.61 bits per heavy atom. The van der Waals surface area contributed by atoms with Crippen LogP contribution in [0, 0.1) is 0 Å². The molecule has 1 aromatic carbocycles. The molecule has 1 aromatic rings. The van der Waals surface area contributed by atoms with Gasteiger partial charge in [0.25, 0.3) is 5.91 Å². The Morgan fingerprint density at radius 1 is 1.50 bits per heavy atom. The highest BCUT2D eigenvalue weighted by Crippen LogP contribution is 2.22. The zero-order valence-corrected chi connectivity index (χ0v) is 12.2. The van der Waals surface area contributed by atoms with E-state index in [-0.39, 0.29) is 18.3 Å². The van der Waals surface area contributed by atoms with Gasteiger partial charge in [0, 0.05) is 17.1 Å². The molecule has 18 heavy (non-hydrogen) atoms. The number of ether oxygens (including phenoxy) is 1. The van der Waals surface area contributed by atoms with Gasteiger partial charge in [-0.3, -0.25) is 4.79 Å². The van der Waals surface area contributed by atoms with Gasteiger partial charge >= 0.3 is 0 Å². The molecule has 0 unspecified atom stereocenters. The second kappa shape index (κ2) is 6.83. The standard InChI is InChI=1S/C12H17ClN2O2.ClH/c1-12(2,14)7-15-11(16)9-6-8(13)4-5-10(9)17-3;/h4-6H,7,14H2,1-3H3,(H,15,16);1H. The Labute approximate surface area is 118 Å². The SMILES string of the molecule is COc1ccc(Cl)cc1C(=O)NCC(C)(C)N.Cl. The third-order valence-corrected chi connectivity index (χ3v) is 2.35. The number of benzene rings is 1. The number of nitrogens with two attached hydrogens (primary N) is 1. The number of amides is 1. The van der Waals surface area contributed by atoms with Crippen LogP contribution in [0.4, 0.5) is 0 Å². The molecular formula is C12H18Cl2N2O2. The number of halogens is 2. The quantitative estimate of drug-likeness (QED) is 0.894. The molecule has 0 saturated heterocycles. The van der Waals surface area contributed by atoms with Gasteiger partial charge in [-0.2, -0.15) is 0 Å². The molecular weight excluding hydrogens is 275 g/mol. The Bertz CT molecular complexity index is 417. The minimum absolute atomic E-state index is 0. The van der Waals surface area contributed by atoms with Gasteiger partial charge in [0.1, 0.15) is 5.75 Å². The van der Waals surface area contributed by atoms with Crippen molar-refractivity contribution in [3.05, 3.63) is 28.8 Å². The van der Waals surface area contributed by atoms with E-state index in [1.54, 1.807) is 18.2 Å². The minimum Gasteiger partial charge on any atom is -0.496 e. The highest BCUT2D eigenvalue weighted by Gasteiger charge is 2.16. The van der Waals surface area contributed by atoms with Crippen LogP contribution in [-0.2, 0) is 0 Å². The average Bonchev–Trinajstić information content (AvgIpc) is 2.25. The van der Waals surface area contributed by atoms with Crippen molar-refractivity contribution in [2.24, 2.45) is 5.73 Å².